The second-order valence-corrected chi connectivity index (χ2v) is 6.28. The van der Waals surface area contributed by atoms with Crippen molar-refractivity contribution in [1.82, 2.24) is 0 Å². The summed E-state index contributed by atoms with van der Waals surface area (Å²) in [6.07, 6.45) is -1.14. The minimum absolute atomic E-state index is 0.426. The van der Waals surface area contributed by atoms with Gasteiger partial charge in [-0.25, -0.2) is 0 Å². The van der Waals surface area contributed by atoms with Crippen molar-refractivity contribution in [2.45, 2.75) is 15.9 Å². The Morgan fingerprint density at radius 1 is 1.15 bits per heavy atom. The monoisotopic (exact) mass is 325 g/mol. The fourth-order valence-electron chi connectivity index (χ4n) is 1.95. The summed E-state index contributed by atoms with van der Waals surface area (Å²) < 4.78 is 0. The van der Waals surface area contributed by atoms with Gasteiger partial charge in [0.15, 0.2) is 6.10 Å². The first kappa shape index (κ1) is 13.8. The molecule has 0 bridgehead atoms. The number of amides is 1. The van der Waals surface area contributed by atoms with Crippen molar-refractivity contribution in [3.63, 3.8) is 0 Å². The van der Waals surface area contributed by atoms with Gasteiger partial charge in [-0.3, -0.25) is 4.79 Å². The number of hydrogen-bond donors (Lipinski definition) is 2. The number of rotatable bonds is 2. The number of halogens is 2. The van der Waals surface area contributed by atoms with Crippen LogP contribution in [0.5, 0.6) is 0 Å². The molecule has 102 valence electrons. The molecule has 3 rings (SSSR count). The van der Waals surface area contributed by atoms with Crippen LogP contribution >= 0.6 is 35.0 Å². The predicted octanol–water partition coefficient (Wildman–Crippen LogP) is 4.13. The second-order valence-electron chi connectivity index (χ2n) is 4.32. The molecule has 1 aliphatic rings. The molecule has 2 aromatic rings. The largest absolute Gasteiger partial charge is 0.378 e. The lowest BCUT2D eigenvalue weighted by atomic mass is 10.1. The van der Waals surface area contributed by atoms with Crippen LogP contribution in [0.15, 0.2) is 46.2 Å². The predicted molar refractivity (Wildman–Crippen MR) is 80.6 cm³/mol. The first-order valence-electron chi connectivity index (χ1n) is 5.80. The van der Waals surface area contributed by atoms with Gasteiger partial charge in [0.25, 0.3) is 5.91 Å². The van der Waals surface area contributed by atoms with Gasteiger partial charge in [0.05, 0.1) is 5.02 Å². The third kappa shape index (κ3) is 2.52. The molecular weight excluding hydrogens is 317 g/mol. The van der Waals surface area contributed by atoms with Gasteiger partial charge in [-0.1, -0.05) is 35.0 Å². The Bertz CT molecular complexity index is 688. The molecule has 0 fully saturated rings. The zero-order valence-corrected chi connectivity index (χ0v) is 12.4. The van der Waals surface area contributed by atoms with Gasteiger partial charge >= 0.3 is 0 Å². The average Bonchev–Trinajstić information content (AvgIpc) is 2.69. The number of carbonyl (C=O) groups is 1. The van der Waals surface area contributed by atoms with Gasteiger partial charge in [0.1, 0.15) is 0 Å². The smallest absolute Gasteiger partial charge is 0.257 e. The maximum Gasteiger partial charge on any atom is 0.257 e. The molecule has 1 unspecified atom stereocenters. The minimum atomic E-state index is -1.14. The first-order valence-corrected chi connectivity index (χ1v) is 7.37. The maximum absolute atomic E-state index is 11.4. The molecule has 2 aromatic carbocycles. The van der Waals surface area contributed by atoms with Crippen LogP contribution in [0.3, 0.4) is 0 Å². The Balaban J connectivity index is 1.94. The average molecular weight is 326 g/mol. The molecule has 0 saturated carbocycles. The van der Waals surface area contributed by atoms with Crippen molar-refractivity contribution in [3.8, 4) is 0 Å². The van der Waals surface area contributed by atoms with E-state index in [4.69, 9.17) is 23.2 Å². The number of hydrogen-bond acceptors (Lipinski definition) is 3. The number of benzene rings is 2. The maximum atomic E-state index is 11.4. The Hall–Kier alpha value is -1.20. The van der Waals surface area contributed by atoms with Gasteiger partial charge in [-0.05, 0) is 36.4 Å². The lowest BCUT2D eigenvalue weighted by molar-refractivity contribution is -0.123. The Morgan fingerprint density at radius 3 is 2.55 bits per heavy atom. The van der Waals surface area contributed by atoms with Crippen LogP contribution in [0.1, 0.15) is 11.7 Å². The Kier molecular flexibility index (Phi) is 3.65. The molecule has 0 saturated heterocycles. The van der Waals surface area contributed by atoms with E-state index < -0.39 is 12.0 Å². The SMILES string of the molecule is O=C1Nc2cc(Sc3ccc(Cl)cc3)c(Cl)cc2C1O. The highest BCUT2D eigenvalue weighted by Gasteiger charge is 2.29. The number of aliphatic hydroxyl groups is 1. The fourth-order valence-corrected chi connectivity index (χ4v) is 3.23. The second kappa shape index (κ2) is 5.30. The van der Waals surface area contributed by atoms with E-state index in [1.807, 2.05) is 12.1 Å². The standard InChI is InChI=1S/C14H9Cl2NO2S/c15-7-1-3-8(4-2-7)20-12-6-11-9(5-10(12)16)13(18)14(19)17-11/h1-6,13,18H,(H,17,19). The van der Waals surface area contributed by atoms with E-state index in [9.17, 15) is 9.90 Å². The highest BCUT2D eigenvalue weighted by atomic mass is 35.5. The zero-order valence-electron chi connectivity index (χ0n) is 10.1. The minimum Gasteiger partial charge on any atom is -0.378 e. The van der Waals surface area contributed by atoms with Crippen LogP contribution in [-0.4, -0.2) is 11.0 Å². The lowest BCUT2D eigenvalue weighted by Gasteiger charge is -2.08. The highest BCUT2D eigenvalue weighted by Crippen LogP contribution is 2.41. The molecule has 0 radical (unpaired) electrons. The molecule has 2 N–H and O–H groups in total. The van der Waals surface area contributed by atoms with E-state index in [-0.39, 0.29) is 0 Å². The quantitative estimate of drug-likeness (QED) is 0.872. The number of anilines is 1. The number of aliphatic hydroxyl groups excluding tert-OH is 1. The molecular formula is C14H9Cl2NO2S. The van der Waals surface area contributed by atoms with Crippen molar-refractivity contribution < 1.29 is 9.90 Å². The summed E-state index contributed by atoms with van der Waals surface area (Å²) in [4.78, 5) is 13.2. The van der Waals surface area contributed by atoms with Crippen LogP contribution in [0.2, 0.25) is 10.0 Å². The third-order valence-corrected chi connectivity index (χ3v) is 4.69. The van der Waals surface area contributed by atoms with Crippen LogP contribution in [-0.2, 0) is 4.79 Å². The van der Waals surface area contributed by atoms with Crippen molar-refractivity contribution >= 4 is 46.6 Å². The zero-order chi connectivity index (χ0) is 14.3. The molecule has 6 heteroatoms. The summed E-state index contributed by atoms with van der Waals surface area (Å²) in [5.41, 5.74) is 1.11. The summed E-state index contributed by atoms with van der Waals surface area (Å²) in [5, 5.41) is 13.5. The molecule has 1 atom stereocenters. The van der Waals surface area contributed by atoms with E-state index >= 15 is 0 Å². The van der Waals surface area contributed by atoms with Gasteiger partial charge < -0.3 is 10.4 Å². The van der Waals surface area contributed by atoms with Crippen LogP contribution in [0, 0.1) is 0 Å². The molecule has 20 heavy (non-hydrogen) atoms. The summed E-state index contributed by atoms with van der Waals surface area (Å²) in [5.74, 6) is -0.426. The van der Waals surface area contributed by atoms with Crippen molar-refractivity contribution in [1.29, 1.82) is 0 Å². The molecule has 3 nitrogen and oxygen atoms in total. The summed E-state index contributed by atoms with van der Waals surface area (Å²) >= 11 is 13.5. The normalized spacial score (nSPS) is 16.9. The van der Waals surface area contributed by atoms with E-state index in [2.05, 4.69) is 5.32 Å². The van der Waals surface area contributed by atoms with Gasteiger partial charge in [0.2, 0.25) is 0 Å². The Morgan fingerprint density at radius 2 is 1.85 bits per heavy atom. The third-order valence-electron chi connectivity index (χ3n) is 2.95. The van der Waals surface area contributed by atoms with Gasteiger partial charge in [0, 0.05) is 26.1 Å². The van der Waals surface area contributed by atoms with E-state index in [0.717, 1.165) is 9.79 Å². The van der Waals surface area contributed by atoms with Crippen molar-refractivity contribution in [2.24, 2.45) is 0 Å². The topological polar surface area (TPSA) is 49.3 Å². The molecule has 1 aliphatic heterocycles. The van der Waals surface area contributed by atoms with Crippen LogP contribution < -0.4 is 5.32 Å². The lowest BCUT2D eigenvalue weighted by Crippen LogP contribution is -2.10. The molecule has 1 amide bonds. The molecule has 0 aliphatic carbocycles. The number of fused-ring (bicyclic) bond motifs is 1. The van der Waals surface area contributed by atoms with Gasteiger partial charge in [-0.15, -0.1) is 0 Å². The fraction of sp³-hybridized carbons (Fsp3) is 0.0714. The van der Waals surface area contributed by atoms with Crippen LogP contribution in [0.4, 0.5) is 5.69 Å². The van der Waals surface area contributed by atoms with E-state index in [1.165, 1.54) is 11.8 Å². The molecule has 0 aromatic heterocycles. The first-order chi connectivity index (χ1) is 9.54. The van der Waals surface area contributed by atoms with Crippen molar-refractivity contribution in [2.75, 3.05) is 5.32 Å². The number of nitrogens with one attached hydrogen (secondary N) is 1. The molecule has 1 heterocycles. The summed E-state index contributed by atoms with van der Waals surface area (Å²) in [7, 11) is 0. The summed E-state index contributed by atoms with van der Waals surface area (Å²) in [6.45, 7) is 0. The molecule has 0 spiro atoms. The number of carbonyl (C=O) groups excluding carboxylic acids is 1. The summed E-state index contributed by atoms with van der Waals surface area (Å²) in [6, 6.07) is 10.8. The van der Waals surface area contributed by atoms with Gasteiger partial charge in [-0.2, -0.15) is 0 Å². The van der Waals surface area contributed by atoms with E-state index in [0.29, 0.717) is 21.3 Å². The highest BCUT2D eigenvalue weighted by molar-refractivity contribution is 7.99. The van der Waals surface area contributed by atoms with Crippen LogP contribution in [0.25, 0.3) is 0 Å². The van der Waals surface area contributed by atoms with Crippen molar-refractivity contribution in [3.05, 3.63) is 52.0 Å². The Labute approximate surface area is 129 Å². The van der Waals surface area contributed by atoms with E-state index in [1.54, 1.807) is 24.3 Å².